The van der Waals surface area contributed by atoms with E-state index in [2.05, 4.69) is 0 Å². The lowest BCUT2D eigenvalue weighted by Gasteiger charge is -2.19. The van der Waals surface area contributed by atoms with E-state index in [4.69, 9.17) is 27.7 Å². The molecule has 0 amide bonds. The quantitative estimate of drug-likeness (QED) is 0.365. The molecule has 0 atom stereocenters. The van der Waals surface area contributed by atoms with E-state index in [9.17, 15) is 0 Å². The van der Waals surface area contributed by atoms with E-state index in [1.54, 1.807) is 18.2 Å². The van der Waals surface area contributed by atoms with Crippen molar-refractivity contribution in [1.82, 2.24) is 0 Å². The van der Waals surface area contributed by atoms with Crippen LogP contribution in [-0.2, 0) is 0 Å². The lowest BCUT2D eigenvalue weighted by Crippen LogP contribution is -2.03. The Bertz CT molecular complexity index is 1160. The van der Waals surface area contributed by atoms with Crippen molar-refractivity contribution in [2.75, 3.05) is 22.9 Å². The summed E-state index contributed by atoms with van der Waals surface area (Å²) in [5.41, 5.74) is 30.1. The second-order valence-electron chi connectivity index (χ2n) is 6.75. The maximum absolute atomic E-state index is 6.51. The van der Waals surface area contributed by atoms with Crippen LogP contribution >= 0.6 is 0 Å². The summed E-state index contributed by atoms with van der Waals surface area (Å²) in [4.78, 5) is 0. The SMILES string of the molecule is Nc1ccc(Oc2cc(-c3ccccc3)c(N)c(N)c2-c2ccccc2)cc1N. The van der Waals surface area contributed by atoms with Crippen molar-refractivity contribution in [1.29, 1.82) is 0 Å². The molecule has 0 aliphatic carbocycles. The minimum Gasteiger partial charge on any atom is -0.457 e. The van der Waals surface area contributed by atoms with Gasteiger partial charge in [-0.15, -0.1) is 0 Å². The fourth-order valence-corrected chi connectivity index (χ4v) is 3.28. The molecule has 0 radical (unpaired) electrons. The molecule has 0 bridgehead atoms. The zero-order chi connectivity index (χ0) is 20.4. The molecule has 29 heavy (non-hydrogen) atoms. The highest BCUT2D eigenvalue weighted by Crippen LogP contribution is 2.45. The first-order chi connectivity index (χ1) is 14.0. The van der Waals surface area contributed by atoms with Gasteiger partial charge in [0.05, 0.1) is 22.7 Å². The van der Waals surface area contributed by atoms with Gasteiger partial charge in [0.15, 0.2) is 0 Å². The molecule has 0 aliphatic heterocycles. The lowest BCUT2D eigenvalue weighted by atomic mass is 9.95. The van der Waals surface area contributed by atoms with Crippen LogP contribution in [0.2, 0.25) is 0 Å². The predicted octanol–water partition coefficient (Wildman–Crippen LogP) is 5.14. The maximum atomic E-state index is 6.51. The Hall–Kier alpha value is -4.12. The first-order valence-corrected chi connectivity index (χ1v) is 9.20. The summed E-state index contributed by atoms with van der Waals surface area (Å²) in [5.74, 6) is 1.16. The molecule has 5 nitrogen and oxygen atoms in total. The Morgan fingerprint density at radius 2 is 1.17 bits per heavy atom. The fraction of sp³-hybridized carbons (Fsp3) is 0. The van der Waals surface area contributed by atoms with Crippen LogP contribution in [0.25, 0.3) is 22.3 Å². The Morgan fingerprint density at radius 1 is 0.552 bits per heavy atom. The van der Waals surface area contributed by atoms with Gasteiger partial charge in [-0.25, -0.2) is 0 Å². The smallest absolute Gasteiger partial charge is 0.138 e. The molecule has 0 spiro atoms. The van der Waals surface area contributed by atoms with Crippen LogP contribution < -0.4 is 27.7 Å². The van der Waals surface area contributed by atoms with Gasteiger partial charge in [-0.2, -0.15) is 0 Å². The summed E-state index contributed by atoms with van der Waals surface area (Å²) >= 11 is 0. The largest absolute Gasteiger partial charge is 0.457 e. The normalized spacial score (nSPS) is 10.6. The number of benzene rings is 4. The molecule has 5 heteroatoms. The van der Waals surface area contributed by atoms with E-state index in [1.165, 1.54) is 0 Å². The molecule has 0 aliphatic rings. The first-order valence-electron chi connectivity index (χ1n) is 9.20. The van der Waals surface area contributed by atoms with Gasteiger partial charge in [-0.1, -0.05) is 60.7 Å². The number of hydrogen-bond donors (Lipinski definition) is 4. The Labute approximate surface area is 169 Å². The monoisotopic (exact) mass is 382 g/mol. The van der Waals surface area contributed by atoms with Crippen molar-refractivity contribution in [2.24, 2.45) is 0 Å². The molecule has 4 aromatic rings. The van der Waals surface area contributed by atoms with Gasteiger partial charge < -0.3 is 27.7 Å². The first kappa shape index (κ1) is 18.3. The third-order valence-corrected chi connectivity index (χ3v) is 4.80. The molecule has 144 valence electrons. The summed E-state index contributed by atoms with van der Waals surface area (Å²) in [6, 6.07) is 26.7. The second-order valence-corrected chi connectivity index (χ2v) is 6.75. The van der Waals surface area contributed by atoms with Crippen molar-refractivity contribution >= 4 is 22.7 Å². The number of nitrogens with two attached hydrogens (primary N) is 4. The summed E-state index contributed by atoms with van der Waals surface area (Å²) in [7, 11) is 0. The average Bonchev–Trinajstić information content (AvgIpc) is 2.74. The third-order valence-electron chi connectivity index (χ3n) is 4.80. The standard InChI is InChI=1S/C24H22N4O/c25-19-12-11-17(13-20(19)26)29-21-14-18(15-7-3-1-4-8-15)23(27)24(28)22(21)16-9-5-2-6-10-16/h1-14H,25-28H2. The minimum atomic E-state index is 0.454. The van der Waals surface area contributed by atoms with Crippen LogP contribution in [0.1, 0.15) is 0 Å². The molecular formula is C24H22N4O. The fourth-order valence-electron chi connectivity index (χ4n) is 3.28. The molecule has 8 N–H and O–H groups in total. The van der Waals surface area contributed by atoms with Crippen molar-refractivity contribution in [3.63, 3.8) is 0 Å². The van der Waals surface area contributed by atoms with Gasteiger partial charge in [0.2, 0.25) is 0 Å². The Balaban J connectivity index is 1.92. The van der Waals surface area contributed by atoms with Crippen molar-refractivity contribution in [2.45, 2.75) is 0 Å². The highest BCUT2D eigenvalue weighted by atomic mass is 16.5. The van der Waals surface area contributed by atoms with Crippen molar-refractivity contribution < 1.29 is 4.74 Å². The predicted molar refractivity (Wildman–Crippen MR) is 121 cm³/mol. The van der Waals surface area contributed by atoms with Gasteiger partial charge >= 0.3 is 0 Å². The van der Waals surface area contributed by atoms with Gasteiger partial charge in [0.25, 0.3) is 0 Å². The van der Waals surface area contributed by atoms with Gasteiger partial charge in [0.1, 0.15) is 11.5 Å². The van der Waals surface area contributed by atoms with Crippen LogP contribution in [0.3, 0.4) is 0 Å². The molecule has 0 fully saturated rings. The number of hydrogen-bond acceptors (Lipinski definition) is 5. The summed E-state index contributed by atoms with van der Waals surface area (Å²) in [6.45, 7) is 0. The van der Waals surface area contributed by atoms with Crippen LogP contribution in [0.15, 0.2) is 84.9 Å². The Morgan fingerprint density at radius 3 is 1.79 bits per heavy atom. The molecular weight excluding hydrogens is 360 g/mol. The molecule has 0 saturated heterocycles. The zero-order valence-corrected chi connectivity index (χ0v) is 15.8. The number of rotatable bonds is 4. The van der Waals surface area contributed by atoms with Crippen LogP contribution in [0, 0.1) is 0 Å². The van der Waals surface area contributed by atoms with Gasteiger partial charge in [-0.3, -0.25) is 0 Å². The number of nitrogen functional groups attached to an aromatic ring is 4. The molecule has 4 rings (SSSR count). The summed E-state index contributed by atoms with van der Waals surface area (Å²) in [6.07, 6.45) is 0. The molecule has 0 heterocycles. The third kappa shape index (κ3) is 3.53. The molecule has 0 aromatic heterocycles. The lowest BCUT2D eigenvalue weighted by molar-refractivity contribution is 0.485. The van der Waals surface area contributed by atoms with Crippen LogP contribution in [-0.4, -0.2) is 0 Å². The van der Waals surface area contributed by atoms with Gasteiger partial charge in [0, 0.05) is 17.2 Å². The topological polar surface area (TPSA) is 113 Å². The highest BCUT2D eigenvalue weighted by Gasteiger charge is 2.18. The molecule has 4 aromatic carbocycles. The Kier molecular flexibility index (Phi) is 4.71. The zero-order valence-electron chi connectivity index (χ0n) is 15.8. The molecule has 0 saturated carbocycles. The molecule has 0 unspecified atom stereocenters. The average molecular weight is 382 g/mol. The summed E-state index contributed by atoms with van der Waals surface area (Å²) in [5, 5.41) is 0. The van der Waals surface area contributed by atoms with Gasteiger partial charge in [-0.05, 0) is 29.3 Å². The van der Waals surface area contributed by atoms with Crippen molar-refractivity contribution in [3.05, 3.63) is 84.9 Å². The van der Waals surface area contributed by atoms with E-state index >= 15 is 0 Å². The minimum absolute atomic E-state index is 0.454. The van der Waals surface area contributed by atoms with E-state index < -0.39 is 0 Å². The van der Waals surface area contributed by atoms with E-state index in [-0.39, 0.29) is 0 Å². The van der Waals surface area contributed by atoms with Crippen LogP contribution in [0.5, 0.6) is 11.5 Å². The maximum Gasteiger partial charge on any atom is 0.138 e. The van der Waals surface area contributed by atoms with Crippen molar-refractivity contribution in [3.8, 4) is 33.8 Å². The number of ether oxygens (including phenoxy) is 1. The van der Waals surface area contributed by atoms with E-state index in [0.29, 0.717) is 34.2 Å². The van der Waals surface area contributed by atoms with Crippen LogP contribution in [0.4, 0.5) is 22.7 Å². The van der Waals surface area contributed by atoms with E-state index in [1.807, 2.05) is 66.7 Å². The second kappa shape index (κ2) is 7.48. The highest BCUT2D eigenvalue weighted by molar-refractivity contribution is 5.97. The number of anilines is 4. The van der Waals surface area contributed by atoms with E-state index in [0.717, 1.165) is 22.3 Å². The summed E-state index contributed by atoms with van der Waals surface area (Å²) < 4.78 is 6.23.